The molecule has 4 rings (SSSR count). The zero-order chi connectivity index (χ0) is 16.0. The second-order valence-electron chi connectivity index (χ2n) is 5.55. The van der Waals surface area contributed by atoms with E-state index in [1.165, 1.54) is 11.1 Å². The Morgan fingerprint density at radius 1 is 1.09 bits per heavy atom. The molecular formula is C17H12BrN3O2. The monoisotopic (exact) mass is 369 g/mol. The van der Waals surface area contributed by atoms with Crippen molar-refractivity contribution in [1.29, 1.82) is 0 Å². The van der Waals surface area contributed by atoms with Crippen LogP contribution in [0.15, 0.2) is 53.3 Å². The number of nitro groups is 1. The SMILES string of the molecule is O=[N+]([O-])c1ccc(N2Cc3ccc(Br)cc3C2)c2ccncc12. The third kappa shape index (κ3) is 2.35. The number of hydrogen-bond acceptors (Lipinski definition) is 4. The fraction of sp³-hybridized carbons (Fsp3) is 0.118. The van der Waals surface area contributed by atoms with E-state index in [9.17, 15) is 10.1 Å². The van der Waals surface area contributed by atoms with Gasteiger partial charge in [0.15, 0.2) is 0 Å². The lowest BCUT2D eigenvalue weighted by atomic mass is 10.1. The standard InChI is InChI=1S/C17H12BrN3O2/c18-13-2-1-11-9-20(10-12(11)7-13)16-3-4-17(21(22)23)15-8-19-6-5-14(15)16/h1-8H,9-10H2. The molecule has 0 fully saturated rings. The number of pyridine rings is 1. The Morgan fingerprint density at radius 2 is 1.91 bits per heavy atom. The van der Waals surface area contributed by atoms with Crippen LogP contribution in [0.5, 0.6) is 0 Å². The van der Waals surface area contributed by atoms with Crippen molar-refractivity contribution >= 4 is 38.1 Å². The van der Waals surface area contributed by atoms with E-state index in [1.54, 1.807) is 18.5 Å². The number of rotatable bonds is 2. The van der Waals surface area contributed by atoms with Gasteiger partial charge in [-0.25, -0.2) is 0 Å². The van der Waals surface area contributed by atoms with Crippen LogP contribution in [-0.2, 0) is 13.1 Å². The number of anilines is 1. The van der Waals surface area contributed by atoms with E-state index in [1.807, 2.05) is 18.2 Å². The van der Waals surface area contributed by atoms with Crippen LogP contribution in [-0.4, -0.2) is 9.91 Å². The third-order valence-corrected chi connectivity index (χ3v) is 4.69. The number of fused-ring (bicyclic) bond motifs is 2. The Labute approximate surface area is 140 Å². The topological polar surface area (TPSA) is 59.3 Å². The van der Waals surface area contributed by atoms with Gasteiger partial charge in [-0.3, -0.25) is 15.1 Å². The van der Waals surface area contributed by atoms with Gasteiger partial charge in [0.05, 0.1) is 10.3 Å². The summed E-state index contributed by atoms with van der Waals surface area (Å²) in [5, 5.41) is 12.7. The lowest BCUT2D eigenvalue weighted by Gasteiger charge is -2.19. The Bertz CT molecular complexity index is 942. The number of nitrogens with zero attached hydrogens (tertiary/aromatic N) is 3. The highest BCUT2D eigenvalue weighted by molar-refractivity contribution is 9.10. The molecule has 114 valence electrons. The van der Waals surface area contributed by atoms with Crippen LogP contribution in [0, 0.1) is 10.1 Å². The molecule has 0 N–H and O–H groups in total. The molecule has 0 bridgehead atoms. The van der Waals surface area contributed by atoms with Crippen LogP contribution >= 0.6 is 15.9 Å². The van der Waals surface area contributed by atoms with Crippen LogP contribution in [0.1, 0.15) is 11.1 Å². The van der Waals surface area contributed by atoms with Gasteiger partial charge >= 0.3 is 0 Å². The van der Waals surface area contributed by atoms with Crippen molar-refractivity contribution in [2.45, 2.75) is 13.1 Å². The number of nitro benzene ring substituents is 1. The van der Waals surface area contributed by atoms with Crippen LogP contribution in [0.2, 0.25) is 0 Å². The first-order chi connectivity index (χ1) is 11.1. The first kappa shape index (κ1) is 14.1. The van der Waals surface area contributed by atoms with Crippen molar-refractivity contribution in [3.8, 4) is 0 Å². The van der Waals surface area contributed by atoms with Crippen molar-refractivity contribution in [2.24, 2.45) is 0 Å². The van der Waals surface area contributed by atoms with Gasteiger partial charge in [-0.15, -0.1) is 0 Å². The molecule has 23 heavy (non-hydrogen) atoms. The van der Waals surface area contributed by atoms with Gasteiger partial charge in [0.1, 0.15) is 0 Å². The molecule has 2 aromatic carbocycles. The molecule has 0 spiro atoms. The highest BCUT2D eigenvalue weighted by Gasteiger charge is 2.23. The zero-order valence-electron chi connectivity index (χ0n) is 12.1. The Morgan fingerprint density at radius 3 is 2.74 bits per heavy atom. The van der Waals surface area contributed by atoms with Gasteiger partial charge in [-0.05, 0) is 35.4 Å². The van der Waals surface area contributed by atoms with E-state index in [4.69, 9.17) is 0 Å². The molecule has 1 aliphatic rings. The first-order valence-electron chi connectivity index (χ1n) is 7.17. The summed E-state index contributed by atoms with van der Waals surface area (Å²) in [6.07, 6.45) is 3.24. The molecule has 0 saturated carbocycles. The predicted molar refractivity (Wildman–Crippen MR) is 92.4 cm³/mol. The van der Waals surface area contributed by atoms with Gasteiger partial charge in [0, 0.05) is 47.1 Å². The van der Waals surface area contributed by atoms with Gasteiger partial charge in [0.25, 0.3) is 5.69 Å². The molecule has 1 aliphatic heterocycles. The summed E-state index contributed by atoms with van der Waals surface area (Å²) in [5.41, 5.74) is 3.66. The fourth-order valence-corrected chi connectivity index (χ4v) is 3.54. The molecule has 0 unspecified atom stereocenters. The van der Waals surface area contributed by atoms with Gasteiger partial charge in [-0.1, -0.05) is 22.0 Å². The fourth-order valence-electron chi connectivity index (χ4n) is 3.13. The van der Waals surface area contributed by atoms with E-state index in [-0.39, 0.29) is 10.6 Å². The number of halogens is 1. The number of non-ortho nitro benzene ring substituents is 1. The van der Waals surface area contributed by atoms with E-state index >= 15 is 0 Å². The average molecular weight is 370 g/mol. The van der Waals surface area contributed by atoms with Crippen molar-refractivity contribution < 1.29 is 4.92 Å². The van der Waals surface area contributed by atoms with Crippen LogP contribution < -0.4 is 4.90 Å². The second-order valence-corrected chi connectivity index (χ2v) is 6.47. The second kappa shape index (κ2) is 5.31. The quantitative estimate of drug-likeness (QED) is 0.495. The molecule has 0 atom stereocenters. The number of hydrogen-bond donors (Lipinski definition) is 0. The predicted octanol–water partition coefficient (Wildman–Crippen LogP) is 4.43. The molecule has 5 nitrogen and oxygen atoms in total. The molecular weight excluding hydrogens is 358 g/mol. The molecule has 3 aromatic rings. The lowest BCUT2D eigenvalue weighted by Crippen LogP contribution is -2.15. The van der Waals surface area contributed by atoms with Crippen molar-refractivity contribution in [3.63, 3.8) is 0 Å². The Balaban J connectivity index is 1.82. The summed E-state index contributed by atoms with van der Waals surface area (Å²) < 4.78 is 1.07. The summed E-state index contributed by atoms with van der Waals surface area (Å²) in [4.78, 5) is 17.1. The summed E-state index contributed by atoms with van der Waals surface area (Å²) in [6.45, 7) is 1.60. The van der Waals surface area contributed by atoms with E-state index in [2.05, 4.69) is 37.9 Å². The maximum atomic E-state index is 11.2. The smallest absolute Gasteiger partial charge is 0.278 e. The minimum absolute atomic E-state index is 0.0938. The van der Waals surface area contributed by atoms with Gasteiger partial charge in [-0.2, -0.15) is 0 Å². The number of benzene rings is 2. The van der Waals surface area contributed by atoms with Crippen molar-refractivity contribution in [1.82, 2.24) is 4.98 Å². The maximum Gasteiger partial charge on any atom is 0.278 e. The molecule has 0 saturated heterocycles. The van der Waals surface area contributed by atoms with Crippen LogP contribution in [0.25, 0.3) is 10.8 Å². The largest absolute Gasteiger partial charge is 0.362 e. The first-order valence-corrected chi connectivity index (χ1v) is 7.96. The van der Waals surface area contributed by atoms with E-state index in [0.29, 0.717) is 5.39 Å². The summed E-state index contributed by atoms with van der Waals surface area (Å²) >= 11 is 3.50. The lowest BCUT2D eigenvalue weighted by molar-refractivity contribution is -0.383. The van der Waals surface area contributed by atoms with Crippen LogP contribution in [0.4, 0.5) is 11.4 Å². The zero-order valence-corrected chi connectivity index (χ0v) is 13.7. The summed E-state index contributed by atoms with van der Waals surface area (Å²) in [6, 6.07) is 11.5. The summed E-state index contributed by atoms with van der Waals surface area (Å²) in [5.74, 6) is 0. The minimum atomic E-state index is -0.358. The molecule has 0 amide bonds. The van der Waals surface area contributed by atoms with Gasteiger partial charge in [0.2, 0.25) is 0 Å². The maximum absolute atomic E-state index is 11.2. The third-order valence-electron chi connectivity index (χ3n) is 4.20. The molecule has 0 aliphatic carbocycles. The molecule has 6 heteroatoms. The normalized spacial score (nSPS) is 13.3. The van der Waals surface area contributed by atoms with Crippen LogP contribution in [0.3, 0.4) is 0 Å². The summed E-state index contributed by atoms with van der Waals surface area (Å²) in [7, 11) is 0. The average Bonchev–Trinajstić information content (AvgIpc) is 2.96. The van der Waals surface area contributed by atoms with E-state index in [0.717, 1.165) is 28.6 Å². The van der Waals surface area contributed by atoms with Crippen molar-refractivity contribution in [2.75, 3.05) is 4.90 Å². The molecule has 2 heterocycles. The molecule has 0 radical (unpaired) electrons. The van der Waals surface area contributed by atoms with E-state index < -0.39 is 0 Å². The molecule has 1 aromatic heterocycles. The minimum Gasteiger partial charge on any atom is -0.362 e. The highest BCUT2D eigenvalue weighted by Crippen LogP contribution is 2.37. The highest BCUT2D eigenvalue weighted by atomic mass is 79.9. The Kier molecular flexibility index (Phi) is 3.27. The van der Waals surface area contributed by atoms with Crippen molar-refractivity contribution in [3.05, 3.63) is 74.5 Å². The number of aromatic nitrogens is 1. The Hall–Kier alpha value is -2.47. The van der Waals surface area contributed by atoms with Gasteiger partial charge < -0.3 is 4.90 Å².